The maximum atomic E-state index is 4.00. The second-order valence-corrected chi connectivity index (χ2v) is 3.78. The van der Waals surface area contributed by atoms with E-state index in [4.69, 9.17) is 0 Å². The number of benzene rings is 1. The molecule has 0 bridgehead atoms. The van der Waals surface area contributed by atoms with Crippen LogP contribution in [0.2, 0.25) is 0 Å². The van der Waals surface area contributed by atoms with Crippen LogP contribution >= 0.6 is 0 Å². The van der Waals surface area contributed by atoms with Crippen LogP contribution in [0.15, 0.2) is 42.5 Å². The van der Waals surface area contributed by atoms with E-state index in [9.17, 15) is 0 Å². The van der Waals surface area contributed by atoms with Crippen molar-refractivity contribution in [3.8, 4) is 12.8 Å². The molecule has 0 nitrogen and oxygen atoms in total. The molecule has 0 aliphatic heterocycles. The van der Waals surface area contributed by atoms with E-state index in [1.807, 2.05) is 18.2 Å². The lowest BCUT2D eigenvalue weighted by Crippen LogP contribution is -1.68. The van der Waals surface area contributed by atoms with Gasteiger partial charge in [0.2, 0.25) is 0 Å². The van der Waals surface area contributed by atoms with Gasteiger partial charge in [-0.3, -0.25) is 0 Å². The number of terminal acetylenes is 1. The fourth-order valence-electron chi connectivity index (χ4n) is 1.11. The summed E-state index contributed by atoms with van der Waals surface area (Å²) in [6.07, 6.45) is 10.8. The first-order valence-corrected chi connectivity index (χ1v) is 5.20. The van der Waals surface area contributed by atoms with Crippen LogP contribution in [-0.2, 0) is 0 Å². The Bertz CT molecular complexity index is 288. The monoisotopic (exact) mass is 200 g/mol. The first-order valence-electron chi connectivity index (χ1n) is 5.20. The summed E-state index contributed by atoms with van der Waals surface area (Å²) in [5.74, 6) is 0.907. The number of hydrogen-bond acceptors (Lipinski definition) is 0. The van der Waals surface area contributed by atoms with E-state index >= 15 is 0 Å². The van der Waals surface area contributed by atoms with Crippen molar-refractivity contribution in [2.24, 2.45) is 5.92 Å². The van der Waals surface area contributed by atoms with Gasteiger partial charge in [-0.25, -0.2) is 0 Å². The summed E-state index contributed by atoms with van der Waals surface area (Å²) >= 11 is 0. The van der Waals surface area contributed by atoms with Crippen molar-refractivity contribution in [2.45, 2.75) is 26.7 Å². The highest BCUT2D eigenvalue weighted by Crippen LogP contribution is 2.34. The van der Waals surface area contributed by atoms with E-state index in [0.717, 1.165) is 5.92 Å². The van der Waals surface area contributed by atoms with E-state index in [0.29, 0.717) is 0 Å². The molecule has 0 heteroatoms. The SMILES string of the molecule is C#C.C=C(C)C1CC1.Cc1ccccc1. The number of allylic oxidation sites excluding steroid dienone is 1. The fourth-order valence-corrected chi connectivity index (χ4v) is 1.11. The van der Waals surface area contributed by atoms with Gasteiger partial charge < -0.3 is 0 Å². The molecule has 1 aromatic carbocycles. The van der Waals surface area contributed by atoms with Crippen molar-refractivity contribution in [3.05, 3.63) is 48.0 Å². The molecule has 0 saturated heterocycles. The predicted molar refractivity (Wildman–Crippen MR) is 68.6 cm³/mol. The Balaban J connectivity index is 0.000000227. The topological polar surface area (TPSA) is 0 Å². The lowest BCUT2D eigenvalue weighted by molar-refractivity contribution is 1.02. The molecule has 0 atom stereocenters. The number of hydrogen-bond donors (Lipinski definition) is 0. The number of rotatable bonds is 1. The van der Waals surface area contributed by atoms with Crippen LogP contribution in [0, 0.1) is 25.7 Å². The van der Waals surface area contributed by atoms with Crippen LogP contribution in [0.4, 0.5) is 0 Å². The predicted octanol–water partition coefficient (Wildman–Crippen LogP) is 4.22. The van der Waals surface area contributed by atoms with Gasteiger partial charge in [0.05, 0.1) is 0 Å². The quantitative estimate of drug-likeness (QED) is 0.470. The molecular weight excluding hydrogens is 180 g/mol. The van der Waals surface area contributed by atoms with Crippen LogP contribution < -0.4 is 0 Å². The molecule has 15 heavy (non-hydrogen) atoms. The van der Waals surface area contributed by atoms with Gasteiger partial charge in [-0.2, -0.15) is 0 Å². The minimum atomic E-state index is 0.907. The van der Waals surface area contributed by atoms with Crippen LogP contribution in [0.25, 0.3) is 0 Å². The van der Waals surface area contributed by atoms with Crippen LogP contribution in [-0.4, -0.2) is 0 Å². The van der Waals surface area contributed by atoms with E-state index < -0.39 is 0 Å². The lowest BCUT2D eigenvalue weighted by Gasteiger charge is -1.83. The highest BCUT2D eigenvalue weighted by molar-refractivity contribution is 5.11. The van der Waals surface area contributed by atoms with Crippen LogP contribution in [0.3, 0.4) is 0 Å². The zero-order chi connectivity index (χ0) is 11.7. The van der Waals surface area contributed by atoms with Gasteiger partial charge in [-0.05, 0) is 32.6 Å². The van der Waals surface area contributed by atoms with Crippen molar-refractivity contribution >= 4 is 0 Å². The minimum Gasteiger partial charge on any atom is -0.124 e. The average molecular weight is 200 g/mol. The highest BCUT2D eigenvalue weighted by Gasteiger charge is 2.20. The van der Waals surface area contributed by atoms with Crippen molar-refractivity contribution in [3.63, 3.8) is 0 Å². The van der Waals surface area contributed by atoms with E-state index in [2.05, 4.69) is 45.4 Å². The molecule has 0 amide bonds. The molecule has 1 aliphatic carbocycles. The molecular formula is C15H20. The van der Waals surface area contributed by atoms with E-state index in [-0.39, 0.29) is 0 Å². The lowest BCUT2D eigenvalue weighted by atomic mass is 10.2. The molecule has 0 aromatic heterocycles. The maximum Gasteiger partial charge on any atom is -0.0208 e. The molecule has 1 aromatic rings. The molecule has 2 rings (SSSR count). The second-order valence-electron chi connectivity index (χ2n) is 3.78. The molecule has 0 spiro atoms. The van der Waals surface area contributed by atoms with Gasteiger partial charge in [0.25, 0.3) is 0 Å². The summed E-state index contributed by atoms with van der Waals surface area (Å²) in [7, 11) is 0. The third kappa shape index (κ3) is 7.58. The van der Waals surface area contributed by atoms with E-state index in [1.165, 1.54) is 24.0 Å². The van der Waals surface area contributed by atoms with Crippen molar-refractivity contribution < 1.29 is 0 Å². The van der Waals surface area contributed by atoms with Gasteiger partial charge in [0, 0.05) is 0 Å². The van der Waals surface area contributed by atoms with Crippen molar-refractivity contribution in [1.82, 2.24) is 0 Å². The Kier molecular flexibility index (Phi) is 7.10. The molecule has 1 saturated carbocycles. The highest BCUT2D eigenvalue weighted by atomic mass is 14.3. The zero-order valence-corrected chi connectivity index (χ0v) is 9.74. The second kappa shape index (κ2) is 7.88. The molecule has 0 N–H and O–H groups in total. The van der Waals surface area contributed by atoms with Gasteiger partial charge in [-0.15, -0.1) is 12.8 Å². The summed E-state index contributed by atoms with van der Waals surface area (Å²) in [5, 5.41) is 0. The first-order chi connectivity index (χ1) is 7.20. The molecule has 0 radical (unpaired) electrons. The number of aryl methyl sites for hydroxylation is 1. The van der Waals surface area contributed by atoms with Crippen molar-refractivity contribution in [2.75, 3.05) is 0 Å². The zero-order valence-electron chi connectivity index (χ0n) is 9.74. The van der Waals surface area contributed by atoms with Gasteiger partial charge in [0.15, 0.2) is 0 Å². The minimum absolute atomic E-state index is 0.907. The summed E-state index contributed by atoms with van der Waals surface area (Å²) in [6, 6.07) is 10.3. The van der Waals surface area contributed by atoms with Gasteiger partial charge >= 0.3 is 0 Å². The van der Waals surface area contributed by atoms with Crippen molar-refractivity contribution in [1.29, 1.82) is 0 Å². The standard InChI is InChI=1S/C7H8.C6H10.C2H2/c1-7-5-3-2-4-6-7;1-5(2)6-3-4-6;1-2/h2-6H,1H3;6H,1,3-4H2,2H3;1-2H. The molecule has 0 heterocycles. The van der Waals surface area contributed by atoms with Crippen LogP contribution in [0.1, 0.15) is 25.3 Å². The molecule has 1 aliphatic rings. The largest absolute Gasteiger partial charge is 0.124 e. The Labute approximate surface area is 94.0 Å². The Hall–Kier alpha value is -1.48. The van der Waals surface area contributed by atoms with Crippen LogP contribution in [0.5, 0.6) is 0 Å². The summed E-state index contributed by atoms with van der Waals surface area (Å²) in [6.45, 7) is 8.01. The third-order valence-corrected chi connectivity index (χ3v) is 2.21. The van der Waals surface area contributed by atoms with Gasteiger partial charge in [-0.1, -0.05) is 48.0 Å². The normalized spacial score (nSPS) is 12.5. The maximum absolute atomic E-state index is 4.00. The van der Waals surface area contributed by atoms with E-state index in [1.54, 1.807) is 0 Å². The summed E-state index contributed by atoms with van der Waals surface area (Å²) < 4.78 is 0. The summed E-state index contributed by atoms with van der Waals surface area (Å²) in [4.78, 5) is 0. The molecule has 0 unspecified atom stereocenters. The van der Waals surface area contributed by atoms with Gasteiger partial charge in [0.1, 0.15) is 0 Å². The fraction of sp³-hybridized carbons (Fsp3) is 0.333. The Morgan fingerprint density at radius 1 is 1.20 bits per heavy atom. The average Bonchev–Trinajstić information content (AvgIpc) is 3.06. The molecule has 1 fully saturated rings. The third-order valence-electron chi connectivity index (χ3n) is 2.21. The smallest absolute Gasteiger partial charge is 0.0208 e. The Morgan fingerprint density at radius 3 is 1.80 bits per heavy atom. The molecule has 80 valence electrons. The Morgan fingerprint density at radius 2 is 1.67 bits per heavy atom. The first kappa shape index (κ1) is 13.5. The summed E-state index contributed by atoms with van der Waals surface area (Å²) in [5.41, 5.74) is 2.69.